The second-order valence-corrected chi connectivity index (χ2v) is 13.0. The smallest absolute Gasteiger partial charge is 0.339 e. The maximum absolute atomic E-state index is 12.7. The fourth-order valence-corrected chi connectivity index (χ4v) is 6.09. The Bertz CT molecular complexity index is 1940. The van der Waals surface area contributed by atoms with E-state index in [1.54, 1.807) is 61.5 Å². The van der Waals surface area contributed by atoms with Gasteiger partial charge in [0.25, 0.3) is 0 Å². The van der Waals surface area contributed by atoms with Gasteiger partial charge < -0.3 is 29.6 Å². The highest BCUT2D eigenvalue weighted by Gasteiger charge is 2.17. The molecule has 0 aliphatic rings. The zero-order chi connectivity index (χ0) is 33.4. The Balaban J connectivity index is 1.14. The summed E-state index contributed by atoms with van der Waals surface area (Å²) in [7, 11) is -8.00. The van der Waals surface area contributed by atoms with Gasteiger partial charge in [-0.3, -0.25) is 0 Å². The standard InChI is InChI=1S/C33H28N4O8S2/c1-23-30(36-32(38)34-24-15-19-26(20-16-24)44-46(40,41)28-9-4-2-5-10-28)13-8-14-31(23)37-33(39)35-25-17-21-27(22-18-25)45-47(42,43)29-11-6-3-7-12-29/h2-22H,1H3,(H2,34,36,38)(H2,35,37,39). The second-order valence-electron chi connectivity index (χ2n) is 9.89. The Morgan fingerprint density at radius 3 is 1.19 bits per heavy atom. The van der Waals surface area contributed by atoms with Crippen molar-refractivity contribution in [2.24, 2.45) is 0 Å². The Labute approximate surface area is 271 Å². The van der Waals surface area contributed by atoms with Crippen LogP contribution in [0.25, 0.3) is 0 Å². The van der Waals surface area contributed by atoms with Gasteiger partial charge in [-0.1, -0.05) is 42.5 Å². The van der Waals surface area contributed by atoms with Crippen molar-refractivity contribution in [3.8, 4) is 11.5 Å². The monoisotopic (exact) mass is 672 g/mol. The Hall–Kier alpha value is -5.86. The van der Waals surface area contributed by atoms with Gasteiger partial charge in [-0.05, 0) is 97.4 Å². The van der Waals surface area contributed by atoms with Gasteiger partial charge in [0.2, 0.25) is 0 Å². The SMILES string of the molecule is Cc1c(NC(=O)Nc2ccc(OS(=O)(=O)c3ccccc3)cc2)cccc1NC(=O)Nc1ccc(OS(=O)(=O)c2ccccc2)cc1. The molecule has 4 N–H and O–H groups in total. The van der Waals surface area contributed by atoms with Crippen LogP contribution < -0.4 is 29.6 Å². The molecule has 4 amide bonds. The Morgan fingerprint density at radius 1 is 0.468 bits per heavy atom. The third-order valence-corrected chi connectivity index (χ3v) is 9.05. The first-order chi connectivity index (χ1) is 22.5. The lowest BCUT2D eigenvalue weighted by Crippen LogP contribution is -2.22. The summed E-state index contributed by atoms with van der Waals surface area (Å²) in [6.45, 7) is 1.71. The summed E-state index contributed by atoms with van der Waals surface area (Å²) < 4.78 is 60.0. The average molecular weight is 673 g/mol. The van der Waals surface area contributed by atoms with Crippen LogP contribution in [-0.4, -0.2) is 28.9 Å². The van der Waals surface area contributed by atoms with E-state index in [0.29, 0.717) is 28.3 Å². The number of amides is 4. The van der Waals surface area contributed by atoms with Gasteiger partial charge in [0.15, 0.2) is 0 Å². The summed E-state index contributed by atoms with van der Waals surface area (Å²) >= 11 is 0. The van der Waals surface area contributed by atoms with Gasteiger partial charge in [-0.15, -0.1) is 0 Å². The van der Waals surface area contributed by atoms with Crippen molar-refractivity contribution in [3.63, 3.8) is 0 Å². The van der Waals surface area contributed by atoms with Crippen molar-refractivity contribution >= 4 is 55.0 Å². The maximum Gasteiger partial charge on any atom is 0.339 e. The molecule has 240 valence electrons. The second kappa shape index (κ2) is 14.1. The van der Waals surface area contributed by atoms with E-state index in [2.05, 4.69) is 21.3 Å². The number of nitrogens with one attached hydrogen (secondary N) is 4. The van der Waals surface area contributed by atoms with Crippen LogP contribution in [0.2, 0.25) is 0 Å². The van der Waals surface area contributed by atoms with E-state index in [0.717, 1.165) is 0 Å². The van der Waals surface area contributed by atoms with E-state index >= 15 is 0 Å². The maximum atomic E-state index is 12.7. The number of benzene rings is 5. The van der Waals surface area contributed by atoms with Crippen LogP contribution in [0.1, 0.15) is 5.56 Å². The lowest BCUT2D eigenvalue weighted by atomic mass is 10.1. The number of carbonyl (C=O) groups excluding carboxylic acids is 2. The molecule has 12 nitrogen and oxygen atoms in total. The minimum Gasteiger partial charge on any atom is -0.379 e. The molecule has 0 heterocycles. The topological polar surface area (TPSA) is 169 Å². The number of anilines is 4. The Morgan fingerprint density at radius 2 is 0.830 bits per heavy atom. The number of urea groups is 2. The zero-order valence-corrected chi connectivity index (χ0v) is 26.3. The minimum atomic E-state index is -4.00. The van der Waals surface area contributed by atoms with Crippen LogP contribution in [0, 0.1) is 6.92 Å². The lowest BCUT2D eigenvalue weighted by molar-refractivity contribution is 0.261. The predicted octanol–water partition coefficient (Wildman–Crippen LogP) is 6.82. The highest BCUT2D eigenvalue weighted by Crippen LogP contribution is 2.26. The molecular weight excluding hydrogens is 645 g/mol. The zero-order valence-electron chi connectivity index (χ0n) is 24.7. The van der Waals surface area contributed by atoms with E-state index in [1.807, 2.05) is 0 Å². The summed E-state index contributed by atoms with van der Waals surface area (Å²) in [5.41, 5.74) is 2.19. The largest absolute Gasteiger partial charge is 0.379 e. The highest BCUT2D eigenvalue weighted by atomic mass is 32.2. The number of rotatable bonds is 10. The molecule has 0 saturated carbocycles. The highest BCUT2D eigenvalue weighted by molar-refractivity contribution is 7.87. The minimum absolute atomic E-state index is 0.0181. The third-order valence-electron chi connectivity index (χ3n) is 6.53. The first kappa shape index (κ1) is 32.5. The van der Waals surface area contributed by atoms with Crippen LogP contribution in [0.4, 0.5) is 32.3 Å². The van der Waals surface area contributed by atoms with Crippen LogP contribution in [0.5, 0.6) is 11.5 Å². The van der Waals surface area contributed by atoms with Gasteiger partial charge in [-0.2, -0.15) is 16.8 Å². The van der Waals surface area contributed by atoms with Gasteiger partial charge in [0.1, 0.15) is 21.3 Å². The van der Waals surface area contributed by atoms with Crippen LogP contribution in [-0.2, 0) is 20.2 Å². The normalized spacial score (nSPS) is 11.2. The van der Waals surface area contributed by atoms with Crippen LogP contribution >= 0.6 is 0 Å². The van der Waals surface area contributed by atoms with Crippen molar-refractivity contribution in [1.29, 1.82) is 0 Å². The molecule has 0 aliphatic heterocycles. The first-order valence-corrected chi connectivity index (χ1v) is 16.7. The first-order valence-electron chi connectivity index (χ1n) is 13.9. The molecule has 0 radical (unpaired) electrons. The molecule has 0 spiro atoms. The molecular formula is C33H28N4O8S2. The van der Waals surface area contributed by atoms with Crippen molar-refractivity contribution in [2.75, 3.05) is 21.3 Å². The molecule has 5 aromatic rings. The van der Waals surface area contributed by atoms with E-state index in [9.17, 15) is 26.4 Å². The van der Waals surface area contributed by atoms with E-state index < -0.39 is 32.3 Å². The molecule has 0 atom stereocenters. The molecule has 0 unspecified atom stereocenters. The molecule has 5 aromatic carbocycles. The summed E-state index contributed by atoms with van der Waals surface area (Å²) in [4.78, 5) is 25.4. The predicted molar refractivity (Wildman–Crippen MR) is 178 cm³/mol. The van der Waals surface area contributed by atoms with Gasteiger partial charge >= 0.3 is 32.3 Å². The van der Waals surface area contributed by atoms with Crippen LogP contribution in [0.3, 0.4) is 0 Å². The van der Waals surface area contributed by atoms with Crippen LogP contribution in [0.15, 0.2) is 137 Å². The molecule has 0 aromatic heterocycles. The summed E-state index contributed by atoms with van der Waals surface area (Å²) in [6, 6.07) is 30.9. The summed E-state index contributed by atoms with van der Waals surface area (Å²) in [5.74, 6) is 0.154. The van der Waals surface area contributed by atoms with Gasteiger partial charge in [-0.25, -0.2) is 9.59 Å². The molecule has 5 rings (SSSR count). The fraction of sp³-hybridized carbons (Fsp3) is 0.0303. The molecule has 0 saturated heterocycles. The lowest BCUT2D eigenvalue weighted by Gasteiger charge is -2.15. The van der Waals surface area contributed by atoms with Gasteiger partial charge in [0, 0.05) is 22.7 Å². The number of carbonyl (C=O) groups is 2. The third kappa shape index (κ3) is 8.65. The summed E-state index contributed by atoms with van der Waals surface area (Å²) in [6.07, 6.45) is 0. The van der Waals surface area contributed by atoms with E-state index in [1.165, 1.54) is 72.8 Å². The molecule has 0 bridgehead atoms. The average Bonchev–Trinajstić information content (AvgIpc) is 3.05. The van der Waals surface area contributed by atoms with E-state index in [4.69, 9.17) is 8.37 Å². The fourth-order valence-electron chi connectivity index (χ4n) is 4.19. The molecule has 47 heavy (non-hydrogen) atoms. The van der Waals surface area contributed by atoms with Crippen molar-refractivity contribution in [2.45, 2.75) is 16.7 Å². The van der Waals surface area contributed by atoms with Crippen molar-refractivity contribution < 1.29 is 34.8 Å². The molecule has 0 aliphatic carbocycles. The number of hydrogen-bond acceptors (Lipinski definition) is 8. The summed E-state index contributed by atoms with van der Waals surface area (Å²) in [5, 5.41) is 10.8. The number of hydrogen-bond donors (Lipinski definition) is 4. The Kier molecular flexibility index (Phi) is 9.73. The van der Waals surface area contributed by atoms with Crippen molar-refractivity contribution in [3.05, 3.63) is 133 Å². The van der Waals surface area contributed by atoms with Crippen molar-refractivity contribution in [1.82, 2.24) is 0 Å². The molecule has 14 heteroatoms. The van der Waals surface area contributed by atoms with Gasteiger partial charge in [0.05, 0.1) is 0 Å². The van der Waals surface area contributed by atoms with E-state index in [-0.39, 0.29) is 21.3 Å². The quantitative estimate of drug-likeness (QED) is 0.117. The molecule has 0 fully saturated rings.